The first-order valence-electron chi connectivity index (χ1n) is 2.53. The molecule has 0 aliphatic heterocycles. The topological polar surface area (TPSA) is 53.6 Å². The van der Waals surface area contributed by atoms with E-state index >= 15 is 0 Å². The number of nitrogens with zero attached hydrogens (tertiary/aromatic N) is 2. The minimum Gasteiger partial charge on any atom is -0.310 e. The summed E-state index contributed by atoms with van der Waals surface area (Å²) in [5.41, 5.74) is 0. The van der Waals surface area contributed by atoms with Crippen LogP contribution in [0.5, 0.6) is 0 Å². The van der Waals surface area contributed by atoms with Crippen molar-refractivity contribution in [2.45, 2.75) is 0 Å². The number of hydrogen-bond acceptors (Lipinski definition) is 4. The highest BCUT2D eigenvalue weighted by Crippen LogP contribution is 2.01. The molecule has 0 aromatic carbocycles. The predicted octanol–water partition coefficient (Wildman–Crippen LogP) is 0.864. The normalized spacial score (nSPS) is 9.30. The second-order valence-electron chi connectivity index (χ2n) is 1.45. The van der Waals surface area contributed by atoms with Crippen LogP contribution in [0.1, 0.15) is 0 Å². The Morgan fingerprint density at radius 2 is 2.70 bits per heavy atom. The third kappa shape index (κ3) is 1.96. The third-order valence-electron chi connectivity index (χ3n) is 0.821. The average Bonchev–Trinajstić information content (AvgIpc) is 2.40. The zero-order chi connectivity index (χ0) is 7.40. The first kappa shape index (κ1) is 7.49. The molecule has 0 unspecified atom stereocenters. The van der Waals surface area contributed by atoms with Crippen LogP contribution in [0.4, 0.5) is 5.95 Å². The summed E-state index contributed by atoms with van der Waals surface area (Å²) in [5.74, 6) is 0.583. The van der Waals surface area contributed by atoms with Crippen LogP contribution < -0.4 is 5.32 Å². The molecule has 1 aromatic heterocycles. The summed E-state index contributed by atoms with van der Waals surface area (Å²) in [4.78, 5) is 3.83. The number of aromatic amines is 1. The van der Waals surface area contributed by atoms with Gasteiger partial charge in [-0.1, -0.05) is 12.2 Å². The maximum absolute atomic E-state index is 4.87. The highest BCUT2D eigenvalue weighted by molar-refractivity contribution is 8.22. The molecule has 2 N–H and O–H groups in total. The molecular weight excluding hydrogens is 168 g/mol. The van der Waals surface area contributed by atoms with Gasteiger partial charge in [-0.15, -0.1) is 11.8 Å². The zero-order valence-corrected chi connectivity index (χ0v) is 6.92. The van der Waals surface area contributed by atoms with Gasteiger partial charge >= 0.3 is 0 Å². The minimum atomic E-state index is 0.583. The number of nitrogens with one attached hydrogen (secondary N) is 2. The maximum atomic E-state index is 4.87. The van der Waals surface area contributed by atoms with Gasteiger partial charge in [-0.3, -0.25) is 0 Å². The summed E-state index contributed by atoms with van der Waals surface area (Å²) in [6.07, 6.45) is 3.32. The third-order valence-corrected chi connectivity index (χ3v) is 1.90. The average molecular weight is 174 g/mol. The molecule has 0 bridgehead atoms. The van der Waals surface area contributed by atoms with E-state index in [1.165, 1.54) is 18.1 Å². The number of H-pyrrole nitrogens is 1. The lowest BCUT2D eigenvalue weighted by molar-refractivity contribution is 1.10. The molecule has 10 heavy (non-hydrogen) atoms. The molecule has 0 radical (unpaired) electrons. The van der Waals surface area contributed by atoms with E-state index in [1.54, 1.807) is 0 Å². The zero-order valence-electron chi connectivity index (χ0n) is 5.29. The Morgan fingerprint density at radius 1 is 1.90 bits per heavy atom. The van der Waals surface area contributed by atoms with Crippen LogP contribution in [0.15, 0.2) is 6.33 Å². The van der Waals surface area contributed by atoms with Gasteiger partial charge in [-0.05, 0) is 6.26 Å². The van der Waals surface area contributed by atoms with Gasteiger partial charge in [0.05, 0.1) is 0 Å². The molecule has 0 fully saturated rings. The van der Waals surface area contributed by atoms with Crippen molar-refractivity contribution in [3.05, 3.63) is 6.33 Å². The molecule has 54 valence electrons. The van der Waals surface area contributed by atoms with Crippen molar-refractivity contribution < 1.29 is 0 Å². The Kier molecular flexibility index (Phi) is 2.64. The van der Waals surface area contributed by atoms with Crippen molar-refractivity contribution in [3.63, 3.8) is 0 Å². The van der Waals surface area contributed by atoms with E-state index in [2.05, 4.69) is 20.5 Å². The molecule has 1 heterocycles. The second kappa shape index (κ2) is 3.52. The monoisotopic (exact) mass is 174 g/mol. The second-order valence-corrected chi connectivity index (χ2v) is 2.93. The molecule has 0 amide bonds. The fraction of sp³-hybridized carbons (Fsp3) is 0.250. The van der Waals surface area contributed by atoms with Gasteiger partial charge < -0.3 is 5.32 Å². The number of aromatic nitrogens is 3. The molecular formula is C4H6N4S2. The Labute approximate surface area is 67.8 Å². The van der Waals surface area contributed by atoms with Crippen molar-refractivity contribution in [2.75, 3.05) is 11.6 Å². The molecule has 6 heteroatoms. The fourth-order valence-corrected chi connectivity index (χ4v) is 0.709. The van der Waals surface area contributed by atoms with Crippen molar-refractivity contribution in [1.82, 2.24) is 15.2 Å². The van der Waals surface area contributed by atoms with Crippen LogP contribution in [0, 0.1) is 0 Å². The summed E-state index contributed by atoms with van der Waals surface area (Å²) in [6.45, 7) is 0. The largest absolute Gasteiger partial charge is 0.310 e. The summed E-state index contributed by atoms with van der Waals surface area (Å²) in [6, 6.07) is 0. The van der Waals surface area contributed by atoms with Gasteiger partial charge in [0.15, 0.2) is 0 Å². The number of rotatable bonds is 1. The summed E-state index contributed by atoms with van der Waals surface area (Å²) >= 11 is 6.32. The number of hydrogen-bond donors (Lipinski definition) is 2. The number of thioether (sulfide) groups is 1. The summed E-state index contributed by atoms with van der Waals surface area (Å²) in [5, 5.41) is 9.11. The molecule has 0 saturated heterocycles. The predicted molar refractivity (Wildman–Crippen MR) is 46.1 cm³/mol. The van der Waals surface area contributed by atoms with Gasteiger partial charge in [0.1, 0.15) is 10.6 Å². The maximum Gasteiger partial charge on any atom is 0.223 e. The molecule has 0 spiro atoms. The van der Waals surface area contributed by atoms with Gasteiger partial charge in [-0.2, -0.15) is 10.1 Å². The minimum absolute atomic E-state index is 0.583. The van der Waals surface area contributed by atoms with E-state index in [0.29, 0.717) is 10.3 Å². The van der Waals surface area contributed by atoms with Gasteiger partial charge in [0, 0.05) is 0 Å². The van der Waals surface area contributed by atoms with Gasteiger partial charge in [0.25, 0.3) is 0 Å². The van der Waals surface area contributed by atoms with Crippen LogP contribution in [-0.4, -0.2) is 25.8 Å². The van der Waals surface area contributed by atoms with Crippen molar-refractivity contribution in [2.24, 2.45) is 0 Å². The smallest absolute Gasteiger partial charge is 0.223 e. The molecule has 0 atom stereocenters. The van der Waals surface area contributed by atoms with Crippen LogP contribution in [-0.2, 0) is 0 Å². The van der Waals surface area contributed by atoms with E-state index < -0.39 is 0 Å². The van der Waals surface area contributed by atoms with Crippen molar-refractivity contribution >= 4 is 34.2 Å². The van der Waals surface area contributed by atoms with Crippen LogP contribution >= 0.6 is 24.0 Å². The lowest BCUT2D eigenvalue weighted by Crippen LogP contribution is -2.04. The molecule has 0 aliphatic carbocycles. The Balaban J connectivity index is 2.48. The Morgan fingerprint density at radius 3 is 3.20 bits per heavy atom. The Bertz CT molecular complexity index is 207. The fourth-order valence-electron chi connectivity index (χ4n) is 0.413. The lowest BCUT2D eigenvalue weighted by Gasteiger charge is -1.97. The molecule has 0 aliphatic rings. The molecule has 4 nitrogen and oxygen atoms in total. The van der Waals surface area contributed by atoms with E-state index in [4.69, 9.17) is 12.2 Å². The highest BCUT2D eigenvalue weighted by Gasteiger charge is 1.95. The lowest BCUT2D eigenvalue weighted by atomic mass is 11.0. The van der Waals surface area contributed by atoms with Gasteiger partial charge in [0.2, 0.25) is 5.95 Å². The standard InChI is InChI=1S/C4H6N4S2/c1-10-4(9)7-3-5-2-6-8-3/h2H,1H3,(H2,5,6,7,8,9). The van der Waals surface area contributed by atoms with E-state index in [0.717, 1.165) is 0 Å². The van der Waals surface area contributed by atoms with E-state index in [9.17, 15) is 0 Å². The first-order chi connectivity index (χ1) is 4.83. The molecule has 1 aromatic rings. The summed E-state index contributed by atoms with van der Waals surface area (Å²) < 4.78 is 0.678. The quantitative estimate of drug-likeness (QED) is 0.619. The highest BCUT2D eigenvalue weighted by atomic mass is 32.2. The Hall–Kier alpha value is -0.620. The van der Waals surface area contributed by atoms with E-state index in [1.807, 2.05) is 6.26 Å². The molecule has 1 rings (SSSR count). The van der Waals surface area contributed by atoms with Crippen LogP contribution in [0.25, 0.3) is 0 Å². The van der Waals surface area contributed by atoms with Crippen molar-refractivity contribution in [1.29, 1.82) is 0 Å². The van der Waals surface area contributed by atoms with Crippen LogP contribution in [0.3, 0.4) is 0 Å². The van der Waals surface area contributed by atoms with Gasteiger partial charge in [-0.25, -0.2) is 5.10 Å². The first-order valence-corrected chi connectivity index (χ1v) is 4.16. The summed E-state index contributed by atoms with van der Waals surface area (Å²) in [7, 11) is 0. The van der Waals surface area contributed by atoms with Crippen molar-refractivity contribution in [3.8, 4) is 0 Å². The SMILES string of the molecule is CSC(=S)Nc1ncn[nH]1. The number of anilines is 1. The molecule has 0 saturated carbocycles. The number of thiocarbonyl (C=S) groups is 1. The van der Waals surface area contributed by atoms with Crippen LogP contribution in [0.2, 0.25) is 0 Å². The van der Waals surface area contributed by atoms with E-state index in [-0.39, 0.29) is 0 Å².